The van der Waals surface area contributed by atoms with Crippen molar-refractivity contribution < 1.29 is 0 Å². The second-order valence-corrected chi connectivity index (χ2v) is 14.1. The van der Waals surface area contributed by atoms with E-state index in [0.29, 0.717) is 0 Å². The van der Waals surface area contributed by atoms with Crippen molar-refractivity contribution in [1.82, 2.24) is 19.6 Å². The van der Waals surface area contributed by atoms with Crippen LogP contribution in [0.2, 0.25) is 0 Å². The summed E-state index contributed by atoms with van der Waals surface area (Å²) in [5.41, 5.74) is 16.7. The summed E-state index contributed by atoms with van der Waals surface area (Å²) < 4.78 is 0. The van der Waals surface area contributed by atoms with E-state index in [-0.39, 0.29) is 5.41 Å². The molecule has 4 nitrogen and oxygen atoms in total. The largest absolute Gasteiger partial charge is 0.300 e. The van der Waals surface area contributed by atoms with E-state index in [1.54, 1.807) is 0 Å². The van der Waals surface area contributed by atoms with Gasteiger partial charge in [-0.1, -0.05) is 104 Å². The molecule has 0 aliphatic heterocycles. The van der Waals surface area contributed by atoms with E-state index in [9.17, 15) is 0 Å². The van der Waals surface area contributed by atoms with E-state index in [0.717, 1.165) is 78.5 Å². The Morgan fingerprint density at radius 3 is 0.714 bits per heavy atom. The van der Waals surface area contributed by atoms with Gasteiger partial charge in [0.05, 0.1) is 5.41 Å². The van der Waals surface area contributed by atoms with Crippen LogP contribution < -0.4 is 0 Å². The highest BCUT2D eigenvalue weighted by molar-refractivity contribution is 5.95. The van der Waals surface area contributed by atoms with Crippen LogP contribution in [-0.2, 0) is 31.6 Å². The maximum Gasteiger partial charge on any atom is 0.0725 e. The zero-order chi connectivity index (χ0) is 34.7. The molecule has 1 spiro atoms. The Morgan fingerprint density at radius 1 is 0.327 bits per heavy atom. The second-order valence-electron chi connectivity index (χ2n) is 14.1. The first-order valence-corrected chi connectivity index (χ1v) is 19.3. The molecule has 4 aromatic rings. The lowest BCUT2D eigenvalue weighted by Gasteiger charge is -2.31. The van der Waals surface area contributed by atoms with Gasteiger partial charge >= 0.3 is 0 Å². The van der Waals surface area contributed by atoms with Gasteiger partial charge in [-0.15, -0.1) is 0 Å². The number of benzene rings is 4. The van der Waals surface area contributed by atoms with Gasteiger partial charge in [0.15, 0.2) is 0 Å². The van der Waals surface area contributed by atoms with Crippen molar-refractivity contribution >= 4 is 0 Å². The Kier molecular flexibility index (Phi) is 11.1. The molecule has 0 N–H and O–H groups in total. The van der Waals surface area contributed by atoms with Crippen LogP contribution in [-0.4, -0.2) is 72.0 Å². The molecule has 0 amide bonds. The van der Waals surface area contributed by atoms with Crippen LogP contribution in [0.3, 0.4) is 0 Å². The van der Waals surface area contributed by atoms with Crippen molar-refractivity contribution in [3.63, 3.8) is 0 Å². The van der Waals surface area contributed by atoms with Gasteiger partial charge < -0.3 is 0 Å². The molecule has 0 heterocycles. The third-order valence-corrected chi connectivity index (χ3v) is 11.7. The molecule has 0 unspecified atom stereocenters. The maximum atomic E-state index is 2.53. The number of hydrogen-bond donors (Lipinski definition) is 0. The molecule has 4 aromatic carbocycles. The van der Waals surface area contributed by atoms with E-state index in [1.165, 1.54) is 66.8 Å². The van der Waals surface area contributed by atoms with Gasteiger partial charge in [0, 0.05) is 26.2 Å². The quantitative estimate of drug-likeness (QED) is 0.103. The number of rotatable bonds is 16. The fraction of sp³-hybridized carbons (Fsp3) is 0.467. The predicted molar refractivity (Wildman–Crippen MR) is 209 cm³/mol. The summed E-state index contributed by atoms with van der Waals surface area (Å²) in [4.78, 5) is 10.1. The summed E-state index contributed by atoms with van der Waals surface area (Å²) >= 11 is 0. The van der Waals surface area contributed by atoms with E-state index in [1.807, 2.05) is 0 Å². The minimum absolute atomic E-state index is 0.321. The molecule has 2 aliphatic carbocycles. The fourth-order valence-electron chi connectivity index (χ4n) is 8.65. The summed E-state index contributed by atoms with van der Waals surface area (Å²) in [6, 6.07) is 29.8. The van der Waals surface area contributed by atoms with Gasteiger partial charge in [-0.2, -0.15) is 0 Å². The molecule has 6 rings (SSSR count). The Balaban J connectivity index is 1.60. The molecule has 49 heavy (non-hydrogen) atoms. The minimum atomic E-state index is -0.321. The van der Waals surface area contributed by atoms with E-state index in [2.05, 4.69) is 148 Å². The topological polar surface area (TPSA) is 13.0 Å². The molecule has 0 saturated carbocycles. The summed E-state index contributed by atoms with van der Waals surface area (Å²) in [6.45, 7) is 30.6. The number of fused-ring (bicyclic) bond motifs is 10. The summed E-state index contributed by atoms with van der Waals surface area (Å²) in [5.74, 6) is 0. The van der Waals surface area contributed by atoms with Crippen molar-refractivity contribution in [3.05, 3.63) is 117 Å². The molecule has 0 saturated heterocycles. The Hall–Kier alpha value is -3.28. The average Bonchev–Trinajstić information content (AvgIpc) is 3.59. The van der Waals surface area contributed by atoms with Crippen LogP contribution in [0.25, 0.3) is 22.3 Å². The molecule has 0 bridgehead atoms. The normalized spacial score (nSPS) is 14.0. The Morgan fingerprint density at radius 2 is 0.531 bits per heavy atom. The molecule has 0 aromatic heterocycles. The first kappa shape index (κ1) is 35.5. The third kappa shape index (κ3) is 6.42. The zero-order valence-electron chi connectivity index (χ0n) is 31.7. The van der Waals surface area contributed by atoms with Crippen LogP contribution in [0.5, 0.6) is 0 Å². The summed E-state index contributed by atoms with van der Waals surface area (Å²) in [6.07, 6.45) is 0. The van der Waals surface area contributed by atoms with Gasteiger partial charge in [-0.3, -0.25) is 19.6 Å². The Labute approximate surface area is 297 Å². The van der Waals surface area contributed by atoms with Crippen molar-refractivity contribution in [2.45, 2.75) is 87.0 Å². The van der Waals surface area contributed by atoms with Gasteiger partial charge in [-0.05, 0) is 143 Å². The van der Waals surface area contributed by atoms with Crippen LogP contribution in [0, 0.1) is 0 Å². The van der Waals surface area contributed by atoms with E-state index < -0.39 is 0 Å². The van der Waals surface area contributed by atoms with E-state index >= 15 is 0 Å². The van der Waals surface area contributed by atoms with Gasteiger partial charge in [-0.25, -0.2) is 0 Å². The highest BCUT2D eigenvalue weighted by Gasteiger charge is 2.52. The highest BCUT2D eigenvalue weighted by atomic mass is 15.1. The molecule has 0 fully saturated rings. The lowest BCUT2D eigenvalue weighted by Crippen LogP contribution is -2.27. The number of hydrogen-bond acceptors (Lipinski definition) is 4. The van der Waals surface area contributed by atoms with Crippen LogP contribution in [0.4, 0.5) is 0 Å². The Bertz CT molecular complexity index is 1480. The van der Waals surface area contributed by atoms with Gasteiger partial charge in [0.1, 0.15) is 0 Å². The first-order valence-electron chi connectivity index (χ1n) is 19.3. The standard InChI is InChI=1S/C45H60N4/c1-9-46(10-2)29-33-17-21-41-37(25-33)38-26-34(30-47(11-3)12-4)18-22-42(38)45(41)43-23-19-35(31-48(13-5)14-6)27-39(43)40-28-36(20-24-44(40)45)32-49(15-7)16-8/h17-28H,9-16,29-32H2,1-8H3. The van der Waals surface area contributed by atoms with Gasteiger partial charge in [0.25, 0.3) is 0 Å². The molecule has 4 heteroatoms. The zero-order valence-corrected chi connectivity index (χ0v) is 31.7. The third-order valence-electron chi connectivity index (χ3n) is 11.7. The molecule has 2 aliphatic rings. The van der Waals surface area contributed by atoms with Crippen molar-refractivity contribution in [1.29, 1.82) is 0 Å². The smallest absolute Gasteiger partial charge is 0.0725 e. The fourth-order valence-corrected chi connectivity index (χ4v) is 8.65. The average molecular weight is 657 g/mol. The first-order chi connectivity index (χ1) is 23.9. The van der Waals surface area contributed by atoms with Gasteiger partial charge in [0.2, 0.25) is 0 Å². The van der Waals surface area contributed by atoms with Crippen LogP contribution in [0.1, 0.15) is 99.9 Å². The lowest BCUT2D eigenvalue weighted by atomic mass is 9.70. The minimum Gasteiger partial charge on any atom is -0.300 e. The molecular formula is C45H60N4. The summed E-state index contributed by atoms with van der Waals surface area (Å²) in [7, 11) is 0. The van der Waals surface area contributed by atoms with E-state index in [4.69, 9.17) is 0 Å². The SMILES string of the molecule is CCN(CC)Cc1ccc2c(c1)-c1cc(CN(CC)CC)ccc1C21c2ccc(CN(CC)CC)cc2-c2cc(CN(CC)CC)ccc21. The van der Waals surface area contributed by atoms with Crippen molar-refractivity contribution in [3.8, 4) is 22.3 Å². The van der Waals surface area contributed by atoms with Crippen LogP contribution >= 0.6 is 0 Å². The van der Waals surface area contributed by atoms with Crippen molar-refractivity contribution in [2.24, 2.45) is 0 Å². The molecular weight excluding hydrogens is 597 g/mol. The second kappa shape index (κ2) is 15.3. The lowest BCUT2D eigenvalue weighted by molar-refractivity contribution is 0.296. The molecule has 0 radical (unpaired) electrons. The molecule has 260 valence electrons. The monoisotopic (exact) mass is 656 g/mol. The maximum absolute atomic E-state index is 2.53. The van der Waals surface area contributed by atoms with Crippen molar-refractivity contribution in [2.75, 3.05) is 52.4 Å². The van der Waals surface area contributed by atoms with Crippen LogP contribution in [0.15, 0.2) is 72.8 Å². The molecule has 0 atom stereocenters. The highest BCUT2D eigenvalue weighted by Crippen LogP contribution is 2.63. The predicted octanol–water partition coefficient (Wildman–Crippen LogP) is 9.40. The summed E-state index contributed by atoms with van der Waals surface area (Å²) in [5, 5.41) is 0. The number of nitrogens with zero attached hydrogens (tertiary/aromatic N) is 4.